The fourth-order valence-corrected chi connectivity index (χ4v) is 2.70. The van der Waals surface area contributed by atoms with Gasteiger partial charge in [-0.25, -0.2) is 0 Å². The number of benzene rings is 3. The summed E-state index contributed by atoms with van der Waals surface area (Å²) in [6, 6.07) is 24.2. The molecule has 0 amide bonds. The minimum absolute atomic E-state index is 0.291. The Balaban J connectivity index is 1.36. The van der Waals surface area contributed by atoms with Crippen LogP contribution in [0.25, 0.3) is 0 Å². The molecule has 1 heterocycles. The van der Waals surface area contributed by atoms with E-state index in [-0.39, 0.29) is 0 Å². The highest BCUT2D eigenvalue weighted by molar-refractivity contribution is 5.55. The Kier molecular flexibility index (Phi) is 4.42. The van der Waals surface area contributed by atoms with Crippen LogP contribution in [0.1, 0.15) is 11.1 Å². The lowest BCUT2D eigenvalue weighted by Gasteiger charge is -2.10. The topological polar surface area (TPSA) is 39.7 Å². The number of fused-ring (bicyclic) bond motifs is 1. The molecule has 4 heteroatoms. The van der Waals surface area contributed by atoms with E-state index < -0.39 is 0 Å². The van der Waals surface area contributed by atoms with Crippen molar-refractivity contribution >= 4 is 5.69 Å². The van der Waals surface area contributed by atoms with Crippen LogP contribution in [0, 0.1) is 0 Å². The quantitative estimate of drug-likeness (QED) is 0.715. The van der Waals surface area contributed by atoms with Crippen LogP contribution in [0.5, 0.6) is 17.2 Å². The average molecular weight is 333 g/mol. The van der Waals surface area contributed by atoms with Crippen LogP contribution in [0.15, 0.2) is 72.8 Å². The van der Waals surface area contributed by atoms with Crippen LogP contribution < -0.4 is 19.5 Å². The molecule has 4 rings (SSSR count). The monoisotopic (exact) mass is 333 g/mol. The molecule has 126 valence electrons. The first kappa shape index (κ1) is 15.4. The van der Waals surface area contributed by atoms with Gasteiger partial charge < -0.3 is 19.5 Å². The van der Waals surface area contributed by atoms with Gasteiger partial charge in [0, 0.05) is 18.3 Å². The maximum absolute atomic E-state index is 5.88. The van der Waals surface area contributed by atoms with Crippen molar-refractivity contribution in [2.45, 2.75) is 13.2 Å². The van der Waals surface area contributed by atoms with Gasteiger partial charge in [-0.3, -0.25) is 0 Å². The summed E-state index contributed by atoms with van der Waals surface area (Å²) in [5.74, 6) is 2.45. The highest BCUT2D eigenvalue weighted by Crippen LogP contribution is 2.34. The lowest BCUT2D eigenvalue weighted by molar-refractivity contribution is 0.174. The molecule has 0 bridgehead atoms. The summed E-state index contributed by atoms with van der Waals surface area (Å²) in [6.07, 6.45) is 0. The SMILES string of the molecule is c1ccc(COc2cccc(CNc3ccc4c(c3)OCO4)c2)cc1. The third kappa shape index (κ3) is 3.86. The van der Waals surface area contributed by atoms with Crippen LogP contribution >= 0.6 is 0 Å². The number of ether oxygens (including phenoxy) is 3. The van der Waals surface area contributed by atoms with Crippen molar-refractivity contribution in [2.75, 3.05) is 12.1 Å². The van der Waals surface area contributed by atoms with Crippen molar-refractivity contribution in [3.8, 4) is 17.2 Å². The molecule has 0 aromatic heterocycles. The number of anilines is 1. The summed E-state index contributed by atoms with van der Waals surface area (Å²) in [4.78, 5) is 0. The zero-order valence-electron chi connectivity index (χ0n) is 13.8. The predicted molar refractivity (Wildman–Crippen MR) is 97.1 cm³/mol. The molecular formula is C21H19NO3. The molecule has 0 atom stereocenters. The molecule has 1 aliphatic heterocycles. The van der Waals surface area contributed by atoms with Gasteiger partial charge in [0.25, 0.3) is 0 Å². The first-order valence-electron chi connectivity index (χ1n) is 8.26. The van der Waals surface area contributed by atoms with E-state index in [1.54, 1.807) is 0 Å². The first-order valence-corrected chi connectivity index (χ1v) is 8.26. The Morgan fingerprint density at radius 3 is 2.56 bits per heavy atom. The second-order valence-electron chi connectivity index (χ2n) is 5.84. The molecule has 1 aliphatic rings. The third-order valence-electron chi connectivity index (χ3n) is 4.02. The van der Waals surface area contributed by atoms with Gasteiger partial charge >= 0.3 is 0 Å². The van der Waals surface area contributed by atoms with E-state index in [2.05, 4.69) is 29.6 Å². The van der Waals surface area contributed by atoms with Crippen molar-refractivity contribution in [2.24, 2.45) is 0 Å². The highest BCUT2D eigenvalue weighted by atomic mass is 16.7. The second kappa shape index (κ2) is 7.18. The summed E-state index contributed by atoms with van der Waals surface area (Å²) in [7, 11) is 0. The van der Waals surface area contributed by atoms with E-state index in [9.17, 15) is 0 Å². The zero-order valence-corrected chi connectivity index (χ0v) is 13.8. The summed E-state index contributed by atoms with van der Waals surface area (Å²) >= 11 is 0. The van der Waals surface area contributed by atoms with Gasteiger partial charge in [0.2, 0.25) is 6.79 Å². The first-order chi connectivity index (χ1) is 12.4. The van der Waals surface area contributed by atoms with Gasteiger partial charge in [-0.05, 0) is 35.4 Å². The molecule has 3 aromatic rings. The summed E-state index contributed by atoms with van der Waals surface area (Å²) in [6.45, 7) is 1.57. The molecule has 0 unspecified atom stereocenters. The smallest absolute Gasteiger partial charge is 0.231 e. The summed E-state index contributed by atoms with van der Waals surface area (Å²) in [5, 5.41) is 3.40. The Labute approximate surface area is 147 Å². The molecule has 0 fully saturated rings. The summed E-state index contributed by atoms with van der Waals surface area (Å²) in [5.41, 5.74) is 3.31. The molecule has 4 nitrogen and oxygen atoms in total. The van der Waals surface area contributed by atoms with Crippen LogP contribution in [0.3, 0.4) is 0 Å². The maximum Gasteiger partial charge on any atom is 0.231 e. The minimum atomic E-state index is 0.291. The van der Waals surface area contributed by atoms with E-state index in [4.69, 9.17) is 14.2 Å². The van der Waals surface area contributed by atoms with Gasteiger partial charge in [-0.1, -0.05) is 42.5 Å². The Hall–Kier alpha value is -3.14. The Morgan fingerprint density at radius 1 is 0.800 bits per heavy atom. The van der Waals surface area contributed by atoms with Crippen molar-refractivity contribution in [3.05, 3.63) is 83.9 Å². The van der Waals surface area contributed by atoms with E-state index >= 15 is 0 Å². The molecule has 3 aromatic carbocycles. The van der Waals surface area contributed by atoms with E-state index in [1.165, 1.54) is 0 Å². The molecule has 0 saturated carbocycles. The molecule has 0 aliphatic carbocycles. The second-order valence-corrected chi connectivity index (χ2v) is 5.84. The highest BCUT2D eigenvalue weighted by Gasteiger charge is 2.12. The van der Waals surface area contributed by atoms with Crippen LogP contribution in [0.4, 0.5) is 5.69 Å². The number of nitrogens with one attached hydrogen (secondary N) is 1. The molecule has 0 saturated heterocycles. The molecule has 25 heavy (non-hydrogen) atoms. The van der Waals surface area contributed by atoms with Crippen molar-refractivity contribution in [1.29, 1.82) is 0 Å². The lowest BCUT2D eigenvalue weighted by Crippen LogP contribution is -2.00. The minimum Gasteiger partial charge on any atom is -0.489 e. The largest absolute Gasteiger partial charge is 0.489 e. The van der Waals surface area contributed by atoms with Crippen LogP contribution in [-0.2, 0) is 13.2 Å². The molecule has 0 radical (unpaired) electrons. The molecular weight excluding hydrogens is 314 g/mol. The standard InChI is InChI=1S/C21H19NO3/c1-2-5-16(6-3-1)14-23-19-8-4-7-17(11-19)13-22-18-9-10-20-21(12-18)25-15-24-20/h1-12,22H,13-15H2. The third-order valence-corrected chi connectivity index (χ3v) is 4.02. The lowest BCUT2D eigenvalue weighted by atomic mass is 10.2. The van der Waals surface area contributed by atoms with Gasteiger partial charge in [-0.2, -0.15) is 0 Å². The van der Waals surface area contributed by atoms with Crippen LogP contribution in [-0.4, -0.2) is 6.79 Å². The Bertz CT molecular complexity index is 849. The van der Waals surface area contributed by atoms with E-state index in [0.29, 0.717) is 19.9 Å². The van der Waals surface area contributed by atoms with Gasteiger partial charge in [-0.15, -0.1) is 0 Å². The summed E-state index contributed by atoms with van der Waals surface area (Å²) < 4.78 is 16.6. The maximum atomic E-state index is 5.88. The van der Waals surface area contributed by atoms with Gasteiger partial charge in [0.1, 0.15) is 12.4 Å². The van der Waals surface area contributed by atoms with E-state index in [1.807, 2.05) is 48.5 Å². The van der Waals surface area contributed by atoms with Gasteiger partial charge in [0.15, 0.2) is 11.5 Å². The zero-order chi connectivity index (χ0) is 16.9. The van der Waals surface area contributed by atoms with Crippen molar-refractivity contribution in [1.82, 2.24) is 0 Å². The molecule has 0 spiro atoms. The predicted octanol–water partition coefficient (Wildman–Crippen LogP) is 4.61. The average Bonchev–Trinajstić information content (AvgIpc) is 3.14. The normalized spacial score (nSPS) is 12.0. The number of hydrogen-bond acceptors (Lipinski definition) is 4. The van der Waals surface area contributed by atoms with Gasteiger partial charge in [0.05, 0.1) is 0 Å². The fraction of sp³-hybridized carbons (Fsp3) is 0.143. The van der Waals surface area contributed by atoms with Crippen molar-refractivity contribution in [3.63, 3.8) is 0 Å². The number of hydrogen-bond donors (Lipinski definition) is 1. The van der Waals surface area contributed by atoms with E-state index in [0.717, 1.165) is 34.1 Å². The Morgan fingerprint density at radius 2 is 1.64 bits per heavy atom. The number of rotatable bonds is 6. The van der Waals surface area contributed by atoms with Crippen molar-refractivity contribution < 1.29 is 14.2 Å². The van der Waals surface area contributed by atoms with Crippen LogP contribution in [0.2, 0.25) is 0 Å². The fourth-order valence-electron chi connectivity index (χ4n) is 2.70. The molecule has 1 N–H and O–H groups in total.